The van der Waals surface area contributed by atoms with Crippen LogP contribution in [-0.4, -0.2) is 49.9 Å². The highest BCUT2D eigenvalue weighted by Crippen LogP contribution is 2.25. The molecule has 8 heteroatoms. The molecule has 1 atom stereocenters. The molecule has 2 aromatic rings. The van der Waals surface area contributed by atoms with E-state index in [2.05, 4.69) is 15.5 Å². The molecule has 1 aromatic carbocycles. The molecular weight excluding hydrogens is 302 g/mol. The minimum atomic E-state index is -0.421. The maximum absolute atomic E-state index is 12.3. The number of nitrogens with zero attached hydrogens (tertiary/aromatic N) is 4. The molecule has 22 heavy (non-hydrogen) atoms. The molecule has 1 aliphatic heterocycles. The van der Waals surface area contributed by atoms with Gasteiger partial charge in [0.05, 0.1) is 5.25 Å². The average molecular weight is 317 g/mol. The van der Waals surface area contributed by atoms with Gasteiger partial charge in [-0.05, 0) is 19.1 Å². The third kappa shape index (κ3) is 2.82. The molecule has 1 saturated heterocycles. The van der Waals surface area contributed by atoms with Gasteiger partial charge in [-0.3, -0.25) is 14.3 Å². The molecule has 0 spiro atoms. The maximum atomic E-state index is 12.3. The number of carbonyl (C=O) groups excluding carboxylic acids is 2. The van der Waals surface area contributed by atoms with Crippen molar-refractivity contribution in [1.29, 1.82) is 0 Å². The maximum Gasteiger partial charge on any atom is 0.324 e. The molecule has 1 N–H and O–H groups in total. The Bertz CT molecular complexity index is 688. The van der Waals surface area contributed by atoms with E-state index in [-0.39, 0.29) is 11.9 Å². The lowest BCUT2D eigenvalue weighted by molar-refractivity contribution is -0.126. The number of aromatic nitrogens is 3. The topological polar surface area (TPSA) is 80.1 Å². The number of para-hydroxylation sites is 1. The number of imide groups is 1. The SMILES string of the molecule is CC(Sc1nncn1-c1ccccc1)C(=O)N1CCNC1=O. The molecule has 0 aliphatic carbocycles. The average Bonchev–Trinajstić information content (AvgIpc) is 3.16. The highest BCUT2D eigenvalue weighted by molar-refractivity contribution is 8.00. The molecule has 1 unspecified atom stereocenters. The van der Waals surface area contributed by atoms with Crippen LogP contribution < -0.4 is 5.32 Å². The van der Waals surface area contributed by atoms with Crippen molar-refractivity contribution in [2.75, 3.05) is 13.1 Å². The van der Waals surface area contributed by atoms with Gasteiger partial charge >= 0.3 is 6.03 Å². The van der Waals surface area contributed by atoms with Crippen molar-refractivity contribution in [1.82, 2.24) is 25.0 Å². The Morgan fingerprint density at radius 3 is 2.82 bits per heavy atom. The van der Waals surface area contributed by atoms with Crippen LogP contribution in [0.15, 0.2) is 41.8 Å². The van der Waals surface area contributed by atoms with Crippen LogP contribution in [0, 0.1) is 0 Å². The predicted octanol–water partition coefficient (Wildman–Crippen LogP) is 1.30. The Kier molecular flexibility index (Phi) is 4.10. The number of benzene rings is 1. The third-order valence-corrected chi connectivity index (χ3v) is 4.35. The number of hydrogen-bond acceptors (Lipinski definition) is 5. The fourth-order valence-electron chi connectivity index (χ4n) is 2.18. The van der Waals surface area contributed by atoms with Crippen LogP contribution >= 0.6 is 11.8 Å². The van der Waals surface area contributed by atoms with E-state index in [9.17, 15) is 9.59 Å². The standard InChI is InChI=1S/C14H15N5O2S/c1-10(12(20)18-8-7-15-13(18)21)22-14-17-16-9-19(14)11-5-3-2-4-6-11/h2-6,9-10H,7-8H2,1H3,(H,15,21). The number of thioether (sulfide) groups is 1. The van der Waals surface area contributed by atoms with Gasteiger partial charge in [-0.1, -0.05) is 30.0 Å². The summed E-state index contributed by atoms with van der Waals surface area (Å²) in [7, 11) is 0. The summed E-state index contributed by atoms with van der Waals surface area (Å²) in [6.07, 6.45) is 1.61. The first-order chi connectivity index (χ1) is 10.7. The summed E-state index contributed by atoms with van der Waals surface area (Å²) in [5.74, 6) is -0.220. The lowest BCUT2D eigenvalue weighted by atomic mass is 10.3. The van der Waals surface area contributed by atoms with Crippen LogP contribution in [0.4, 0.5) is 4.79 Å². The molecule has 1 fully saturated rings. The molecule has 2 heterocycles. The second-order valence-corrected chi connectivity index (χ2v) is 6.11. The zero-order valence-corrected chi connectivity index (χ0v) is 12.8. The van der Waals surface area contributed by atoms with Gasteiger partial charge in [0, 0.05) is 18.8 Å². The first-order valence-corrected chi connectivity index (χ1v) is 7.76. The largest absolute Gasteiger partial charge is 0.336 e. The molecule has 7 nitrogen and oxygen atoms in total. The van der Waals surface area contributed by atoms with Crippen LogP contribution in [0.5, 0.6) is 0 Å². The van der Waals surface area contributed by atoms with Crippen molar-refractivity contribution in [3.63, 3.8) is 0 Å². The molecule has 114 valence electrons. The van der Waals surface area contributed by atoms with Gasteiger partial charge in [0.1, 0.15) is 6.33 Å². The Labute approximate surface area is 131 Å². The van der Waals surface area contributed by atoms with Crippen LogP contribution in [0.2, 0.25) is 0 Å². The predicted molar refractivity (Wildman–Crippen MR) is 81.8 cm³/mol. The molecule has 0 radical (unpaired) electrons. The summed E-state index contributed by atoms with van der Waals surface area (Å²) in [6.45, 7) is 2.68. The molecule has 0 bridgehead atoms. The fraction of sp³-hybridized carbons (Fsp3) is 0.286. The van der Waals surface area contributed by atoms with Crippen molar-refractivity contribution in [3.8, 4) is 5.69 Å². The number of amides is 3. The quantitative estimate of drug-likeness (QED) is 0.860. The molecule has 1 aromatic heterocycles. The highest BCUT2D eigenvalue weighted by Gasteiger charge is 2.30. The number of hydrogen-bond donors (Lipinski definition) is 1. The molecule has 1 aliphatic rings. The van der Waals surface area contributed by atoms with Gasteiger partial charge in [0.15, 0.2) is 5.16 Å². The van der Waals surface area contributed by atoms with Crippen molar-refractivity contribution in [2.45, 2.75) is 17.3 Å². The number of nitrogens with one attached hydrogen (secondary N) is 1. The fourth-order valence-corrected chi connectivity index (χ4v) is 3.09. The van der Waals surface area contributed by atoms with E-state index in [1.807, 2.05) is 34.9 Å². The first-order valence-electron chi connectivity index (χ1n) is 6.88. The first kappa shape index (κ1) is 14.6. The monoisotopic (exact) mass is 317 g/mol. The van der Waals surface area contributed by atoms with Crippen molar-refractivity contribution in [3.05, 3.63) is 36.7 Å². The van der Waals surface area contributed by atoms with Crippen LogP contribution in [-0.2, 0) is 4.79 Å². The van der Waals surface area contributed by atoms with E-state index < -0.39 is 5.25 Å². The van der Waals surface area contributed by atoms with Gasteiger partial charge in [0.25, 0.3) is 0 Å². The minimum Gasteiger partial charge on any atom is -0.336 e. The number of rotatable bonds is 4. The van der Waals surface area contributed by atoms with E-state index >= 15 is 0 Å². The minimum absolute atomic E-state index is 0.220. The summed E-state index contributed by atoms with van der Waals surface area (Å²) in [6, 6.07) is 9.32. The van der Waals surface area contributed by atoms with Crippen molar-refractivity contribution < 1.29 is 9.59 Å². The van der Waals surface area contributed by atoms with Gasteiger partial charge in [0.2, 0.25) is 5.91 Å². The normalized spacial score (nSPS) is 15.7. The van der Waals surface area contributed by atoms with Crippen LogP contribution in [0.1, 0.15) is 6.92 Å². The van der Waals surface area contributed by atoms with Crippen molar-refractivity contribution >= 4 is 23.7 Å². The van der Waals surface area contributed by atoms with Crippen LogP contribution in [0.3, 0.4) is 0 Å². The zero-order chi connectivity index (χ0) is 15.5. The molecule has 0 saturated carbocycles. The van der Waals surface area contributed by atoms with Gasteiger partial charge < -0.3 is 5.32 Å². The van der Waals surface area contributed by atoms with Gasteiger partial charge in [-0.2, -0.15) is 0 Å². The summed E-state index contributed by atoms with van der Waals surface area (Å²) < 4.78 is 1.82. The summed E-state index contributed by atoms with van der Waals surface area (Å²) >= 11 is 1.29. The smallest absolute Gasteiger partial charge is 0.324 e. The number of urea groups is 1. The second-order valence-electron chi connectivity index (χ2n) is 4.80. The van der Waals surface area contributed by atoms with E-state index in [0.29, 0.717) is 18.2 Å². The second kappa shape index (κ2) is 6.18. The summed E-state index contributed by atoms with van der Waals surface area (Å²) in [5.41, 5.74) is 0.925. The third-order valence-electron chi connectivity index (χ3n) is 3.30. The number of carbonyl (C=O) groups is 2. The lowest BCUT2D eigenvalue weighted by Crippen LogP contribution is -2.39. The summed E-state index contributed by atoms with van der Waals surface area (Å²) in [4.78, 5) is 25.1. The van der Waals surface area contributed by atoms with E-state index in [1.165, 1.54) is 16.7 Å². The van der Waals surface area contributed by atoms with Gasteiger partial charge in [-0.15, -0.1) is 10.2 Å². The van der Waals surface area contributed by atoms with E-state index in [0.717, 1.165) is 5.69 Å². The van der Waals surface area contributed by atoms with Gasteiger partial charge in [-0.25, -0.2) is 4.79 Å². The Hall–Kier alpha value is -2.35. The molecule has 3 amide bonds. The van der Waals surface area contributed by atoms with E-state index in [1.54, 1.807) is 13.3 Å². The van der Waals surface area contributed by atoms with E-state index in [4.69, 9.17) is 0 Å². The Balaban J connectivity index is 1.75. The van der Waals surface area contributed by atoms with Crippen molar-refractivity contribution in [2.24, 2.45) is 0 Å². The Morgan fingerprint density at radius 1 is 1.36 bits per heavy atom. The molecule has 3 rings (SSSR count). The lowest BCUT2D eigenvalue weighted by Gasteiger charge is -2.17. The highest BCUT2D eigenvalue weighted by atomic mass is 32.2. The Morgan fingerprint density at radius 2 is 2.14 bits per heavy atom. The zero-order valence-electron chi connectivity index (χ0n) is 12.0. The molecular formula is C14H15N5O2S. The van der Waals surface area contributed by atoms with Crippen LogP contribution in [0.25, 0.3) is 5.69 Å². The summed E-state index contributed by atoms with van der Waals surface area (Å²) in [5, 5.41) is 10.8.